The summed E-state index contributed by atoms with van der Waals surface area (Å²) in [5, 5.41) is 3.11. The Balaban J connectivity index is 1.43. The summed E-state index contributed by atoms with van der Waals surface area (Å²) in [7, 11) is 0. The molecular weight excluding hydrogens is 435 g/mol. The van der Waals surface area contributed by atoms with Crippen LogP contribution in [0.2, 0.25) is 0 Å². The van der Waals surface area contributed by atoms with E-state index >= 15 is 0 Å². The summed E-state index contributed by atoms with van der Waals surface area (Å²) in [6.07, 6.45) is 5.41. The molecule has 0 bridgehead atoms. The highest BCUT2D eigenvalue weighted by Gasteiger charge is 2.26. The number of rotatable bonds is 6. The van der Waals surface area contributed by atoms with Crippen molar-refractivity contribution in [2.24, 2.45) is 5.92 Å². The quantitative estimate of drug-likeness (QED) is 0.572. The first-order chi connectivity index (χ1) is 16.4. The molecule has 7 nitrogen and oxygen atoms in total. The lowest BCUT2D eigenvalue weighted by Gasteiger charge is -2.31. The van der Waals surface area contributed by atoms with Gasteiger partial charge in [0.2, 0.25) is 5.91 Å². The van der Waals surface area contributed by atoms with Gasteiger partial charge in [0.15, 0.2) is 0 Å². The molecule has 0 atom stereocenters. The van der Waals surface area contributed by atoms with Crippen molar-refractivity contribution in [2.45, 2.75) is 45.6 Å². The van der Waals surface area contributed by atoms with E-state index in [1.54, 1.807) is 24.1 Å². The van der Waals surface area contributed by atoms with Crippen LogP contribution in [0.5, 0.6) is 5.75 Å². The number of aromatic amines is 1. The number of likely N-dealkylation sites (tertiary alicyclic amines) is 1. The van der Waals surface area contributed by atoms with E-state index in [2.05, 4.69) is 15.3 Å². The molecule has 0 unspecified atom stereocenters. The van der Waals surface area contributed by atoms with E-state index in [4.69, 9.17) is 4.74 Å². The zero-order valence-electron chi connectivity index (χ0n) is 19.5. The maximum absolute atomic E-state index is 14.2. The van der Waals surface area contributed by atoms with E-state index in [9.17, 15) is 14.0 Å². The second kappa shape index (κ2) is 9.08. The molecule has 5 rings (SSSR count). The van der Waals surface area contributed by atoms with Crippen molar-refractivity contribution in [3.8, 4) is 16.9 Å². The minimum absolute atomic E-state index is 0.00118. The van der Waals surface area contributed by atoms with Gasteiger partial charge in [-0.3, -0.25) is 14.6 Å². The maximum Gasteiger partial charge on any atom is 0.255 e. The molecule has 34 heavy (non-hydrogen) atoms. The van der Waals surface area contributed by atoms with Crippen molar-refractivity contribution in [1.29, 1.82) is 0 Å². The lowest BCUT2D eigenvalue weighted by molar-refractivity contribution is -0.129. The molecule has 2 aromatic heterocycles. The summed E-state index contributed by atoms with van der Waals surface area (Å²) < 4.78 is 20.2. The smallest absolute Gasteiger partial charge is 0.255 e. The van der Waals surface area contributed by atoms with Crippen molar-refractivity contribution in [3.05, 3.63) is 47.5 Å². The zero-order valence-corrected chi connectivity index (χ0v) is 19.5. The molecule has 3 heterocycles. The van der Waals surface area contributed by atoms with Gasteiger partial charge in [-0.1, -0.05) is 0 Å². The van der Waals surface area contributed by atoms with Crippen molar-refractivity contribution in [1.82, 2.24) is 20.2 Å². The number of hydrogen-bond donors (Lipinski definition) is 2. The summed E-state index contributed by atoms with van der Waals surface area (Å²) in [5.74, 6) is 0.708. The Morgan fingerprint density at radius 1 is 1.18 bits per heavy atom. The van der Waals surface area contributed by atoms with Crippen molar-refractivity contribution < 1.29 is 18.7 Å². The van der Waals surface area contributed by atoms with E-state index in [0.29, 0.717) is 59.2 Å². The molecular formula is C26H29FN4O3. The van der Waals surface area contributed by atoms with Crippen LogP contribution in [0.4, 0.5) is 4.39 Å². The highest BCUT2D eigenvalue weighted by atomic mass is 19.1. The van der Waals surface area contributed by atoms with E-state index in [1.807, 2.05) is 13.0 Å². The largest absolute Gasteiger partial charge is 0.493 e. The van der Waals surface area contributed by atoms with Crippen LogP contribution < -0.4 is 10.1 Å². The SMILES string of the molecule is CC(=O)N1CCC(NC(=O)c2c(C)[nH]c3c(-c4cc(F)ccc4OCC4CC4)ccnc23)CC1. The van der Waals surface area contributed by atoms with Crippen LogP contribution in [0, 0.1) is 18.7 Å². The predicted molar refractivity (Wildman–Crippen MR) is 127 cm³/mol. The molecule has 1 saturated carbocycles. The lowest BCUT2D eigenvalue weighted by atomic mass is 10.0. The number of amides is 2. The molecule has 1 aliphatic heterocycles. The first-order valence-electron chi connectivity index (χ1n) is 11.9. The second-order valence-electron chi connectivity index (χ2n) is 9.36. The van der Waals surface area contributed by atoms with Gasteiger partial charge >= 0.3 is 0 Å². The molecule has 2 aliphatic rings. The number of aromatic nitrogens is 2. The highest BCUT2D eigenvalue weighted by molar-refractivity contribution is 6.09. The number of pyridine rings is 1. The number of hydrogen-bond acceptors (Lipinski definition) is 4. The standard InChI is InChI=1S/C26H29FN4O3/c1-15-23(26(33)30-19-8-11-31(12-9-19)16(2)32)25-24(29-15)20(7-10-28-25)21-13-18(27)5-6-22(21)34-14-17-3-4-17/h5-7,10,13,17,19,29H,3-4,8-9,11-12,14H2,1-2H3,(H,30,33). The number of halogens is 1. The minimum Gasteiger partial charge on any atom is -0.493 e. The number of piperidine rings is 1. The summed E-state index contributed by atoms with van der Waals surface area (Å²) in [5.41, 5.74) is 3.79. The zero-order chi connectivity index (χ0) is 23.8. The third kappa shape index (κ3) is 4.49. The van der Waals surface area contributed by atoms with Crippen molar-refractivity contribution in [2.75, 3.05) is 19.7 Å². The lowest BCUT2D eigenvalue weighted by Crippen LogP contribution is -2.46. The molecule has 2 amide bonds. The number of nitrogens with one attached hydrogen (secondary N) is 2. The van der Waals surface area contributed by atoms with Crippen LogP contribution >= 0.6 is 0 Å². The number of aryl methyl sites for hydroxylation is 1. The molecule has 0 radical (unpaired) electrons. The minimum atomic E-state index is -0.350. The normalized spacial score (nSPS) is 16.6. The first-order valence-corrected chi connectivity index (χ1v) is 11.9. The van der Waals surface area contributed by atoms with Gasteiger partial charge in [0, 0.05) is 49.1 Å². The van der Waals surface area contributed by atoms with E-state index < -0.39 is 0 Å². The van der Waals surface area contributed by atoms with Gasteiger partial charge < -0.3 is 19.9 Å². The van der Waals surface area contributed by atoms with E-state index in [-0.39, 0.29) is 23.7 Å². The average molecular weight is 465 g/mol. The van der Waals surface area contributed by atoms with Gasteiger partial charge in [-0.05, 0) is 62.8 Å². The number of fused-ring (bicyclic) bond motifs is 1. The Labute approximate surface area is 197 Å². The second-order valence-corrected chi connectivity index (χ2v) is 9.36. The first kappa shape index (κ1) is 22.4. The van der Waals surface area contributed by atoms with Gasteiger partial charge in [0.1, 0.15) is 17.1 Å². The number of nitrogens with zero attached hydrogens (tertiary/aromatic N) is 2. The molecule has 3 aromatic rings. The number of benzene rings is 1. The Kier molecular flexibility index (Phi) is 5.98. The van der Waals surface area contributed by atoms with Crippen LogP contribution in [-0.4, -0.2) is 52.4 Å². The molecule has 1 aromatic carbocycles. The molecule has 2 N–H and O–H groups in total. The molecule has 178 valence electrons. The average Bonchev–Trinajstić information content (AvgIpc) is 3.58. The third-order valence-corrected chi connectivity index (χ3v) is 6.78. The van der Waals surface area contributed by atoms with Gasteiger partial charge in [0.05, 0.1) is 17.7 Å². The van der Waals surface area contributed by atoms with Crippen LogP contribution in [0.25, 0.3) is 22.2 Å². The molecule has 0 spiro atoms. The van der Waals surface area contributed by atoms with Crippen LogP contribution in [-0.2, 0) is 4.79 Å². The van der Waals surface area contributed by atoms with E-state index in [0.717, 1.165) is 31.2 Å². The Morgan fingerprint density at radius 3 is 2.65 bits per heavy atom. The summed E-state index contributed by atoms with van der Waals surface area (Å²) in [6.45, 7) is 5.30. The van der Waals surface area contributed by atoms with E-state index in [1.165, 1.54) is 12.1 Å². The van der Waals surface area contributed by atoms with Gasteiger partial charge in [-0.15, -0.1) is 0 Å². The van der Waals surface area contributed by atoms with Crippen LogP contribution in [0.1, 0.15) is 48.7 Å². The predicted octanol–water partition coefficient (Wildman–Crippen LogP) is 4.21. The fourth-order valence-electron chi connectivity index (χ4n) is 4.63. The van der Waals surface area contributed by atoms with Crippen molar-refractivity contribution in [3.63, 3.8) is 0 Å². The fourth-order valence-corrected chi connectivity index (χ4v) is 4.63. The number of H-pyrrole nitrogens is 1. The summed E-state index contributed by atoms with van der Waals surface area (Å²) >= 11 is 0. The maximum atomic E-state index is 14.2. The molecule has 8 heteroatoms. The Hall–Kier alpha value is -3.42. The van der Waals surface area contributed by atoms with Gasteiger partial charge in [0.25, 0.3) is 5.91 Å². The molecule has 1 aliphatic carbocycles. The topological polar surface area (TPSA) is 87.3 Å². The Morgan fingerprint density at radius 2 is 1.94 bits per heavy atom. The monoisotopic (exact) mass is 464 g/mol. The Bertz CT molecular complexity index is 1240. The number of carbonyl (C=O) groups excluding carboxylic acids is 2. The van der Waals surface area contributed by atoms with Crippen molar-refractivity contribution >= 4 is 22.8 Å². The molecule has 1 saturated heterocycles. The number of carbonyl (C=O) groups is 2. The number of ether oxygens (including phenoxy) is 1. The third-order valence-electron chi connectivity index (χ3n) is 6.78. The van der Waals surface area contributed by atoms with Gasteiger partial charge in [-0.2, -0.15) is 0 Å². The fraction of sp³-hybridized carbons (Fsp3) is 0.423. The van der Waals surface area contributed by atoms with Gasteiger partial charge in [-0.25, -0.2) is 4.39 Å². The molecule has 2 fully saturated rings. The summed E-state index contributed by atoms with van der Waals surface area (Å²) in [4.78, 5) is 34.4. The highest BCUT2D eigenvalue weighted by Crippen LogP contribution is 2.38. The van der Waals surface area contributed by atoms with Crippen LogP contribution in [0.3, 0.4) is 0 Å². The van der Waals surface area contributed by atoms with Crippen LogP contribution in [0.15, 0.2) is 30.5 Å². The summed E-state index contributed by atoms with van der Waals surface area (Å²) in [6, 6.07) is 6.35.